The summed E-state index contributed by atoms with van der Waals surface area (Å²) in [5.74, 6) is -0.718. The monoisotopic (exact) mass is 371 g/mol. The number of aromatic nitrogens is 1. The number of halogens is 2. The highest BCUT2D eigenvalue weighted by Crippen LogP contribution is 2.35. The molecule has 1 aromatic heterocycles. The summed E-state index contributed by atoms with van der Waals surface area (Å²) >= 11 is 7.48. The molecule has 0 aliphatic carbocycles. The van der Waals surface area contributed by atoms with Gasteiger partial charge in [-0.3, -0.25) is 15.1 Å². The van der Waals surface area contributed by atoms with Gasteiger partial charge in [0.05, 0.1) is 27.5 Å². The summed E-state index contributed by atoms with van der Waals surface area (Å²) in [4.78, 5) is 21.1. The number of fused-ring (bicyclic) bond motifs is 1. The Balaban J connectivity index is 1.73. The van der Waals surface area contributed by atoms with Gasteiger partial charge in [0.2, 0.25) is 0 Å². The summed E-state index contributed by atoms with van der Waals surface area (Å²) in [7, 11) is 0. The summed E-state index contributed by atoms with van der Waals surface area (Å²) in [5.41, 5.74) is 2.64. The first-order chi connectivity index (χ1) is 12.1. The fourth-order valence-corrected chi connectivity index (χ4v) is 3.57. The van der Waals surface area contributed by atoms with Gasteiger partial charge in [0.15, 0.2) is 5.13 Å². The average Bonchev–Trinajstić information content (AvgIpc) is 3.23. The summed E-state index contributed by atoms with van der Waals surface area (Å²) < 4.78 is 14.2. The van der Waals surface area contributed by atoms with E-state index in [9.17, 15) is 9.18 Å². The Morgan fingerprint density at radius 2 is 2.08 bits per heavy atom. The van der Waals surface area contributed by atoms with E-state index in [1.165, 1.54) is 17.4 Å². The van der Waals surface area contributed by atoms with E-state index >= 15 is 0 Å². The van der Waals surface area contributed by atoms with Gasteiger partial charge in [0, 0.05) is 18.0 Å². The van der Waals surface area contributed by atoms with Gasteiger partial charge in [-0.1, -0.05) is 29.8 Å². The van der Waals surface area contributed by atoms with E-state index in [1.54, 1.807) is 35.8 Å². The Kier molecular flexibility index (Phi) is 4.07. The summed E-state index contributed by atoms with van der Waals surface area (Å²) in [6.45, 7) is 0. The van der Waals surface area contributed by atoms with Crippen LogP contribution in [0, 0.1) is 5.82 Å². The number of para-hydroxylation sites is 1. The number of carbonyl (C=O) groups excluding carboxylic acids is 1. The van der Waals surface area contributed by atoms with Crippen LogP contribution in [0.25, 0.3) is 0 Å². The smallest absolute Gasteiger partial charge is 0.259 e. The van der Waals surface area contributed by atoms with Crippen LogP contribution in [0.4, 0.5) is 15.2 Å². The maximum absolute atomic E-state index is 14.2. The minimum absolute atomic E-state index is 0.284. The van der Waals surface area contributed by atoms with E-state index < -0.39 is 5.82 Å². The van der Waals surface area contributed by atoms with Gasteiger partial charge in [-0.25, -0.2) is 9.37 Å². The molecule has 0 saturated carbocycles. The van der Waals surface area contributed by atoms with E-state index in [1.807, 2.05) is 6.07 Å². The quantitative estimate of drug-likeness (QED) is 0.714. The fourth-order valence-electron chi connectivity index (χ4n) is 2.77. The largest absolute Gasteiger partial charge is 0.298 e. The van der Waals surface area contributed by atoms with Gasteiger partial charge in [0.1, 0.15) is 5.82 Å². The minimum atomic E-state index is -0.423. The van der Waals surface area contributed by atoms with Crippen molar-refractivity contribution >= 4 is 45.4 Å². The Morgan fingerprint density at radius 3 is 2.84 bits per heavy atom. The third kappa shape index (κ3) is 2.94. The number of benzene rings is 2. The van der Waals surface area contributed by atoms with Crippen molar-refractivity contribution in [3.05, 3.63) is 75.5 Å². The topological polar surface area (TPSA) is 54.4 Å². The molecule has 4 nitrogen and oxygen atoms in total. The summed E-state index contributed by atoms with van der Waals surface area (Å²) in [6.07, 6.45) is 2.04. The number of amides is 1. The zero-order valence-electron chi connectivity index (χ0n) is 12.8. The predicted octanol–water partition coefficient (Wildman–Crippen LogP) is 4.86. The van der Waals surface area contributed by atoms with E-state index in [0.29, 0.717) is 33.5 Å². The first-order valence-corrected chi connectivity index (χ1v) is 8.74. The molecule has 124 valence electrons. The molecule has 0 unspecified atom stereocenters. The van der Waals surface area contributed by atoms with Gasteiger partial charge in [-0.05, 0) is 23.8 Å². The number of carbonyl (C=O) groups is 1. The van der Waals surface area contributed by atoms with Gasteiger partial charge in [-0.15, -0.1) is 11.3 Å². The molecule has 2 aromatic carbocycles. The molecule has 1 N–H and O–H groups in total. The fraction of sp³-hybridized carbons (Fsp3) is 0.0556. The van der Waals surface area contributed by atoms with Crippen LogP contribution in [0.2, 0.25) is 5.02 Å². The standard InChI is InChI=1S/C18H11ClFN3OS/c19-12-5-2-6-13(20)15(12)14-9-10-3-1-4-11(16(10)22-14)17(24)23-18-21-7-8-25-18/h1-8H,9H2,(H,21,23,24). The molecule has 0 bridgehead atoms. The maximum Gasteiger partial charge on any atom is 0.259 e. The zero-order valence-corrected chi connectivity index (χ0v) is 14.4. The van der Waals surface area contributed by atoms with Crippen molar-refractivity contribution in [1.29, 1.82) is 0 Å². The molecule has 1 aliphatic heterocycles. The average molecular weight is 372 g/mol. The first-order valence-electron chi connectivity index (χ1n) is 7.48. The Hall–Kier alpha value is -2.57. The highest BCUT2D eigenvalue weighted by atomic mass is 35.5. The van der Waals surface area contributed by atoms with Gasteiger partial charge in [0.25, 0.3) is 5.91 Å². The third-order valence-corrected chi connectivity index (χ3v) is 4.88. The highest BCUT2D eigenvalue weighted by Gasteiger charge is 2.25. The first kappa shape index (κ1) is 15.9. The summed E-state index contributed by atoms with van der Waals surface area (Å²) in [5, 5.41) is 5.35. The molecule has 0 radical (unpaired) electrons. The van der Waals surface area contributed by atoms with E-state index in [0.717, 1.165) is 5.56 Å². The maximum atomic E-state index is 14.2. The van der Waals surface area contributed by atoms with Crippen molar-refractivity contribution in [1.82, 2.24) is 4.98 Å². The molecule has 25 heavy (non-hydrogen) atoms. The predicted molar refractivity (Wildman–Crippen MR) is 97.8 cm³/mol. The molecule has 7 heteroatoms. The number of rotatable bonds is 3. The lowest BCUT2D eigenvalue weighted by atomic mass is 10.0. The molecule has 0 fully saturated rings. The molecule has 1 amide bonds. The van der Waals surface area contributed by atoms with Crippen LogP contribution >= 0.6 is 22.9 Å². The molecular weight excluding hydrogens is 361 g/mol. The van der Waals surface area contributed by atoms with Crippen LogP contribution in [0.3, 0.4) is 0 Å². The van der Waals surface area contributed by atoms with Crippen molar-refractivity contribution < 1.29 is 9.18 Å². The van der Waals surface area contributed by atoms with Gasteiger partial charge in [-0.2, -0.15) is 0 Å². The summed E-state index contributed by atoms with van der Waals surface area (Å²) in [6, 6.07) is 9.88. The molecular formula is C18H11ClFN3OS. The van der Waals surface area contributed by atoms with Crippen LogP contribution in [0.5, 0.6) is 0 Å². The Morgan fingerprint density at radius 1 is 1.24 bits per heavy atom. The van der Waals surface area contributed by atoms with Crippen LogP contribution in [0.15, 0.2) is 53.0 Å². The van der Waals surface area contributed by atoms with Crippen LogP contribution in [-0.2, 0) is 6.42 Å². The number of aliphatic imine (C=N–C) groups is 1. The molecule has 0 atom stereocenters. The second kappa shape index (κ2) is 6.38. The number of hydrogen-bond acceptors (Lipinski definition) is 4. The van der Waals surface area contributed by atoms with Crippen molar-refractivity contribution in [2.45, 2.75) is 6.42 Å². The van der Waals surface area contributed by atoms with E-state index in [4.69, 9.17) is 11.6 Å². The Bertz CT molecular complexity index is 981. The van der Waals surface area contributed by atoms with Crippen molar-refractivity contribution in [2.75, 3.05) is 5.32 Å². The number of hydrogen-bond donors (Lipinski definition) is 1. The molecule has 0 spiro atoms. The van der Waals surface area contributed by atoms with Gasteiger partial charge >= 0.3 is 0 Å². The molecule has 2 heterocycles. The van der Waals surface area contributed by atoms with Crippen molar-refractivity contribution in [3.63, 3.8) is 0 Å². The zero-order chi connectivity index (χ0) is 17.4. The van der Waals surface area contributed by atoms with E-state index in [2.05, 4.69) is 15.3 Å². The molecule has 0 saturated heterocycles. The molecule has 1 aliphatic rings. The number of anilines is 1. The minimum Gasteiger partial charge on any atom is -0.298 e. The van der Waals surface area contributed by atoms with Gasteiger partial charge < -0.3 is 0 Å². The van der Waals surface area contributed by atoms with Crippen molar-refractivity contribution in [2.24, 2.45) is 4.99 Å². The van der Waals surface area contributed by atoms with E-state index in [-0.39, 0.29) is 11.5 Å². The number of thiazole rings is 1. The number of nitrogens with one attached hydrogen (secondary N) is 1. The third-order valence-electron chi connectivity index (χ3n) is 3.87. The van der Waals surface area contributed by atoms with Crippen LogP contribution in [0.1, 0.15) is 21.5 Å². The highest BCUT2D eigenvalue weighted by molar-refractivity contribution is 7.13. The number of nitrogens with zero attached hydrogens (tertiary/aromatic N) is 2. The lowest BCUT2D eigenvalue weighted by molar-refractivity contribution is 0.102. The van der Waals surface area contributed by atoms with Crippen molar-refractivity contribution in [3.8, 4) is 0 Å². The second-order valence-corrected chi connectivity index (χ2v) is 6.74. The lowest BCUT2D eigenvalue weighted by Crippen LogP contribution is -2.11. The normalized spacial score (nSPS) is 12.6. The SMILES string of the molecule is O=C(Nc1nccs1)c1cccc2c1N=C(c1c(F)cccc1Cl)C2. The lowest BCUT2D eigenvalue weighted by Gasteiger charge is -2.05. The van der Waals surface area contributed by atoms with Crippen LogP contribution < -0.4 is 5.32 Å². The molecule has 3 aromatic rings. The molecule has 4 rings (SSSR count). The Labute approximate surface area is 152 Å². The second-order valence-electron chi connectivity index (χ2n) is 5.44. The van der Waals surface area contributed by atoms with Crippen LogP contribution in [-0.4, -0.2) is 16.6 Å².